The Kier molecular flexibility index (Phi) is 4.42. The third-order valence-corrected chi connectivity index (χ3v) is 3.39. The van der Waals surface area contributed by atoms with Gasteiger partial charge < -0.3 is 15.6 Å². The first kappa shape index (κ1) is 15.2. The highest BCUT2D eigenvalue weighted by Crippen LogP contribution is 2.25. The van der Waals surface area contributed by atoms with Crippen LogP contribution in [0, 0.1) is 11.6 Å². The van der Waals surface area contributed by atoms with Crippen molar-refractivity contribution in [2.45, 2.75) is 6.61 Å². The Morgan fingerprint density at radius 1 is 1.29 bits per heavy atom. The molecule has 0 atom stereocenters. The molecule has 0 aliphatic rings. The largest absolute Gasteiger partial charge is 0.489 e. The number of anilines is 1. The average molecular weight is 358 g/mol. The average Bonchev–Trinajstić information content (AvgIpc) is 2.44. The number of carboxylic acid groups (broad SMARTS) is 1. The van der Waals surface area contributed by atoms with E-state index in [1.165, 1.54) is 24.3 Å². The molecule has 0 fully saturated rings. The molecule has 21 heavy (non-hydrogen) atoms. The van der Waals surface area contributed by atoms with Crippen LogP contribution in [0.2, 0.25) is 0 Å². The minimum Gasteiger partial charge on any atom is -0.489 e. The van der Waals surface area contributed by atoms with Crippen molar-refractivity contribution < 1.29 is 23.4 Å². The van der Waals surface area contributed by atoms with E-state index in [0.717, 1.165) is 6.07 Å². The molecule has 0 aromatic heterocycles. The molecule has 0 amide bonds. The van der Waals surface area contributed by atoms with Crippen molar-refractivity contribution in [1.82, 2.24) is 0 Å². The van der Waals surface area contributed by atoms with Gasteiger partial charge in [-0.05, 0) is 46.3 Å². The molecule has 0 aliphatic heterocycles. The lowest BCUT2D eigenvalue weighted by Gasteiger charge is -2.10. The number of aromatic carboxylic acids is 1. The molecule has 0 radical (unpaired) electrons. The van der Waals surface area contributed by atoms with Gasteiger partial charge in [0.25, 0.3) is 0 Å². The minimum absolute atomic E-state index is 0.0784. The van der Waals surface area contributed by atoms with Gasteiger partial charge in [-0.2, -0.15) is 0 Å². The summed E-state index contributed by atoms with van der Waals surface area (Å²) < 4.78 is 32.7. The Bertz CT molecular complexity index is 707. The maximum atomic E-state index is 13.8. The number of halogens is 3. The van der Waals surface area contributed by atoms with E-state index in [9.17, 15) is 13.6 Å². The molecule has 0 saturated heterocycles. The Hall–Kier alpha value is -2.15. The smallest absolute Gasteiger partial charge is 0.337 e. The molecular formula is C14H10BrF2NO3. The Balaban J connectivity index is 2.23. The summed E-state index contributed by atoms with van der Waals surface area (Å²) in [6.07, 6.45) is 0. The quantitative estimate of drug-likeness (QED) is 0.647. The highest BCUT2D eigenvalue weighted by Gasteiger charge is 2.14. The van der Waals surface area contributed by atoms with Crippen LogP contribution in [0.4, 0.5) is 14.5 Å². The Labute approximate surface area is 127 Å². The van der Waals surface area contributed by atoms with E-state index in [1.54, 1.807) is 0 Å². The van der Waals surface area contributed by atoms with Gasteiger partial charge in [0.05, 0.1) is 15.6 Å². The lowest BCUT2D eigenvalue weighted by atomic mass is 10.1. The fourth-order valence-corrected chi connectivity index (χ4v) is 2.04. The van der Waals surface area contributed by atoms with Crippen LogP contribution in [0.1, 0.15) is 15.9 Å². The summed E-state index contributed by atoms with van der Waals surface area (Å²) in [4.78, 5) is 10.9. The highest BCUT2D eigenvalue weighted by molar-refractivity contribution is 9.10. The van der Waals surface area contributed by atoms with Gasteiger partial charge in [-0.1, -0.05) is 0 Å². The molecule has 0 saturated carbocycles. The van der Waals surface area contributed by atoms with Crippen molar-refractivity contribution in [3.05, 3.63) is 57.6 Å². The fraction of sp³-hybridized carbons (Fsp3) is 0.0714. The normalized spacial score (nSPS) is 10.4. The molecule has 2 aromatic rings. The van der Waals surface area contributed by atoms with E-state index in [-0.39, 0.29) is 33.6 Å². The van der Waals surface area contributed by atoms with Gasteiger partial charge in [-0.25, -0.2) is 13.6 Å². The van der Waals surface area contributed by atoms with E-state index < -0.39 is 17.6 Å². The maximum Gasteiger partial charge on any atom is 0.337 e. The number of nitrogen functional groups attached to an aromatic ring is 1. The summed E-state index contributed by atoms with van der Waals surface area (Å²) in [5.41, 5.74) is 5.19. The van der Waals surface area contributed by atoms with Gasteiger partial charge in [0.15, 0.2) is 0 Å². The number of ether oxygens (including phenoxy) is 1. The first-order valence-corrected chi connectivity index (χ1v) is 6.57. The van der Waals surface area contributed by atoms with Gasteiger partial charge in [0, 0.05) is 5.69 Å². The zero-order chi connectivity index (χ0) is 15.6. The number of rotatable bonds is 4. The second-order valence-corrected chi connectivity index (χ2v) is 5.02. The van der Waals surface area contributed by atoms with E-state index in [4.69, 9.17) is 15.6 Å². The van der Waals surface area contributed by atoms with Gasteiger partial charge >= 0.3 is 5.97 Å². The number of carboxylic acids is 1. The second kappa shape index (κ2) is 6.09. The van der Waals surface area contributed by atoms with Crippen LogP contribution < -0.4 is 10.5 Å². The standard InChI is InChI=1S/C14H10BrF2NO3/c15-10-2-3-11(16)9(13(10)17)6-21-7-1-4-12(18)8(5-7)14(19)20/h1-5H,6,18H2,(H,19,20). The van der Waals surface area contributed by atoms with E-state index >= 15 is 0 Å². The molecule has 7 heteroatoms. The molecule has 0 bridgehead atoms. The molecule has 0 heterocycles. The molecule has 110 valence electrons. The van der Waals surface area contributed by atoms with Crippen molar-refractivity contribution in [3.63, 3.8) is 0 Å². The number of benzene rings is 2. The van der Waals surface area contributed by atoms with E-state index in [0.29, 0.717) is 0 Å². The topological polar surface area (TPSA) is 72.5 Å². The second-order valence-electron chi connectivity index (χ2n) is 4.16. The van der Waals surface area contributed by atoms with Crippen molar-refractivity contribution in [1.29, 1.82) is 0 Å². The summed E-state index contributed by atoms with van der Waals surface area (Å²) in [5, 5.41) is 8.94. The Morgan fingerprint density at radius 2 is 2.00 bits per heavy atom. The lowest BCUT2D eigenvalue weighted by Crippen LogP contribution is -2.05. The number of nitrogens with two attached hydrogens (primary N) is 1. The number of hydrogen-bond donors (Lipinski definition) is 2. The van der Waals surface area contributed by atoms with Gasteiger partial charge in [-0.3, -0.25) is 0 Å². The molecule has 0 unspecified atom stereocenters. The SMILES string of the molecule is Nc1ccc(OCc2c(F)ccc(Br)c2F)cc1C(=O)O. The molecule has 2 rings (SSSR count). The first-order valence-electron chi connectivity index (χ1n) is 5.78. The third kappa shape index (κ3) is 3.30. The molecular weight excluding hydrogens is 348 g/mol. The van der Waals surface area contributed by atoms with Crippen LogP contribution in [0.15, 0.2) is 34.8 Å². The molecule has 4 nitrogen and oxygen atoms in total. The molecule has 0 aliphatic carbocycles. The van der Waals surface area contributed by atoms with Crippen molar-refractivity contribution in [2.75, 3.05) is 5.73 Å². The van der Waals surface area contributed by atoms with Crippen LogP contribution in [-0.2, 0) is 6.61 Å². The van der Waals surface area contributed by atoms with Crippen LogP contribution in [0.25, 0.3) is 0 Å². The van der Waals surface area contributed by atoms with E-state index in [2.05, 4.69) is 15.9 Å². The van der Waals surface area contributed by atoms with Crippen molar-refractivity contribution in [3.8, 4) is 5.75 Å². The highest BCUT2D eigenvalue weighted by atomic mass is 79.9. The summed E-state index contributed by atoms with van der Waals surface area (Å²) in [6, 6.07) is 6.34. The summed E-state index contributed by atoms with van der Waals surface area (Å²) >= 11 is 2.96. The monoisotopic (exact) mass is 357 g/mol. The summed E-state index contributed by atoms with van der Waals surface area (Å²) in [5.74, 6) is -2.56. The zero-order valence-electron chi connectivity index (χ0n) is 10.6. The first-order chi connectivity index (χ1) is 9.90. The van der Waals surface area contributed by atoms with Gasteiger partial charge in [-0.15, -0.1) is 0 Å². The number of carbonyl (C=O) groups is 1. The van der Waals surface area contributed by atoms with Crippen LogP contribution in [0.5, 0.6) is 5.75 Å². The maximum absolute atomic E-state index is 13.8. The van der Waals surface area contributed by atoms with Crippen LogP contribution >= 0.6 is 15.9 Å². The van der Waals surface area contributed by atoms with Gasteiger partial charge in [0.1, 0.15) is 24.0 Å². The molecule has 0 spiro atoms. The predicted molar refractivity (Wildman–Crippen MR) is 76.2 cm³/mol. The Morgan fingerprint density at radius 3 is 2.67 bits per heavy atom. The van der Waals surface area contributed by atoms with Gasteiger partial charge in [0.2, 0.25) is 0 Å². The summed E-state index contributed by atoms with van der Waals surface area (Å²) in [7, 11) is 0. The van der Waals surface area contributed by atoms with Crippen molar-refractivity contribution >= 4 is 27.6 Å². The minimum atomic E-state index is -1.21. The van der Waals surface area contributed by atoms with Crippen LogP contribution in [0.3, 0.4) is 0 Å². The molecule has 2 aromatic carbocycles. The molecule has 3 N–H and O–H groups in total. The third-order valence-electron chi connectivity index (χ3n) is 2.78. The van der Waals surface area contributed by atoms with Crippen molar-refractivity contribution in [2.24, 2.45) is 0 Å². The lowest BCUT2D eigenvalue weighted by molar-refractivity contribution is 0.0697. The van der Waals surface area contributed by atoms with Crippen LogP contribution in [-0.4, -0.2) is 11.1 Å². The fourth-order valence-electron chi connectivity index (χ4n) is 1.67. The number of hydrogen-bond acceptors (Lipinski definition) is 3. The predicted octanol–water partition coefficient (Wildman–Crippen LogP) is 3.59. The zero-order valence-corrected chi connectivity index (χ0v) is 12.2. The summed E-state index contributed by atoms with van der Waals surface area (Å²) in [6.45, 7) is -0.375. The van der Waals surface area contributed by atoms with E-state index in [1.807, 2.05) is 0 Å².